The molecule has 0 radical (unpaired) electrons. The van der Waals surface area contributed by atoms with Gasteiger partial charge in [-0.1, -0.05) is 12.1 Å². The first-order chi connectivity index (χ1) is 8.70. The van der Waals surface area contributed by atoms with Crippen LogP contribution in [0, 0.1) is 0 Å². The van der Waals surface area contributed by atoms with Crippen LogP contribution in [0.5, 0.6) is 5.75 Å². The van der Waals surface area contributed by atoms with Crippen LogP contribution in [0.2, 0.25) is 0 Å². The van der Waals surface area contributed by atoms with Gasteiger partial charge in [0.15, 0.2) is 0 Å². The van der Waals surface area contributed by atoms with Crippen LogP contribution in [0.25, 0.3) is 0 Å². The van der Waals surface area contributed by atoms with Gasteiger partial charge in [0.2, 0.25) is 0 Å². The molecule has 0 spiro atoms. The van der Waals surface area contributed by atoms with Gasteiger partial charge in [-0.15, -0.1) is 11.3 Å². The average molecular weight is 327 g/mol. The van der Waals surface area contributed by atoms with Crippen LogP contribution < -0.4 is 4.74 Å². The molecular weight excluding hydrogens is 312 g/mol. The Morgan fingerprint density at radius 2 is 2.22 bits per heavy atom. The Hall–Kier alpha value is -0.840. The van der Waals surface area contributed by atoms with Crippen molar-refractivity contribution >= 4 is 27.3 Å². The molecule has 18 heavy (non-hydrogen) atoms. The third-order valence-corrected chi connectivity index (χ3v) is 4.36. The first-order valence-electron chi connectivity index (χ1n) is 5.74. The fourth-order valence-corrected chi connectivity index (χ4v) is 3.07. The minimum absolute atomic E-state index is 0.436. The summed E-state index contributed by atoms with van der Waals surface area (Å²) in [6, 6.07) is 9.83. The molecule has 1 N–H and O–H groups in total. The van der Waals surface area contributed by atoms with Gasteiger partial charge in [0, 0.05) is 4.88 Å². The molecule has 0 amide bonds. The molecule has 1 heterocycles. The van der Waals surface area contributed by atoms with Crippen LogP contribution in [-0.2, 0) is 6.42 Å². The smallest absolute Gasteiger partial charge is 0.133 e. The Balaban J connectivity index is 2.00. The van der Waals surface area contributed by atoms with Crippen LogP contribution in [-0.4, -0.2) is 12.2 Å². The Morgan fingerprint density at radius 1 is 1.39 bits per heavy atom. The van der Waals surface area contributed by atoms with Gasteiger partial charge in [-0.05, 0) is 57.9 Å². The lowest BCUT2D eigenvalue weighted by Crippen LogP contribution is -1.99. The highest BCUT2D eigenvalue weighted by molar-refractivity contribution is 9.10. The normalized spacial score (nSPS) is 12.4. The minimum Gasteiger partial charge on any atom is -0.496 e. The lowest BCUT2D eigenvalue weighted by atomic mass is 10.0. The molecule has 0 bridgehead atoms. The number of hydrogen-bond donors (Lipinski definition) is 1. The number of aliphatic hydroxyl groups excluding tert-OH is 1. The van der Waals surface area contributed by atoms with E-state index in [9.17, 15) is 5.11 Å². The molecule has 0 aliphatic carbocycles. The molecule has 0 saturated heterocycles. The number of aliphatic hydroxyl groups is 1. The summed E-state index contributed by atoms with van der Waals surface area (Å²) >= 11 is 5.16. The molecule has 0 aliphatic heterocycles. The maximum atomic E-state index is 10.2. The standard InChI is InChI=1S/C14H15BrO2S/c1-17-14-7-4-10(9-12(14)15)13(16)6-5-11-3-2-8-18-11/h2-4,7-9,13,16H,5-6H2,1H3. The maximum Gasteiger partial charge on any atom is 0.133 e. The fraction of sp³-hybridized carbons (Fsp3) is 0.286. The van der Waals surface area contributed by atoms with E-state index in [-0.39, 0.29) is 0 Å². The van der Waals surface area contributed by atoms with E-state index in [2.05, 4.69) is 27.4 Å². The monoisotopic (exact) mass is 326 g/mol. The molecule has 0 fully saturated rings. The predicted octanol–water partition coefficient (Wildman–Crippen LogP) is 4.19. The second-order valence-corrected chi connectivity index (χ2v) is 5.91. The molecule has 2 nitrogen and oxygen atoms in total. The van der Waals surface area contributed by atoms with Gasteiger partial charge >= 0.3 is 0 Å². The van der Waals surface area contributed by atoms with E-state index in [1.54, 1.807) is 18.4 Å². The Bertz CT molecular complexity index is 497. The molecule has 1 aromatic carbocycles. The third kappa shape index (κ3) is 3.34. The summed E-state index contributed by atoms with van der Waals surface area (Å²) in [4.78, 5) is 1.31. The maximum absolute atomic E-state index is 10.2. The lowest BCUT2D eigenvalue weighted by Gasteiger charge is -2.12. The van der Waals surface area contributed by atoms with Crippen molar-refractivity contribution in [2.24, 2.45) is 0 Å². The van der Waals surface area contributed by atoms with E-state index in [1.807, 2.05) is 24.3 Å². The topological polar surface area (TPSA) is 29.5 Å². The van der Waals surface area contributed by atoms with E-state index in [4.69, 9.17) is 4.74 Å². The second-order valence-electron chi connectivity index (χ2n) is 4.03. The Kier molecular flexibility index (Phi) is 4.80. The summed E-state index contributed by atoms with van der Waals surface area (Å²) in [5.74, 6) is 0.782. The van der Waals surface area contributed by atoms with Crippen molar-refractivity contribution in [1.29, 1.82) is 0 Å². The molecule has 96 valence electrons. The molecular formula is C14H15BrO2S. The molecule has 1 aromatic heterocycles. The summed E-state index contributed by atoms with van der Waals surface area (Å²) in [6.07, 6.45) is 1.20. The van der Waals surface area contributed by atoms with Crippen molar-refractivity contribution < 1.29 is 9.84 Å². The zero-order valence-electron chi connectivity index (χ0n) is 10.1. The third-order valence-electron chi connectivity index (χ3n) is 2.80. The summed E-state index contributed by atoms with van der Waals surface area (Å²) < 4.78 is 6.04. The van der Waals surface area contributed by atoms with E-state index in [0.29, 0.717) is 0 Å². The van der Waals surface area contributed by atoms with E-state index in [1.165, 1.54) is 4.88 Å². The van der Waals surface area contributed by atoms with Gasteiger partial charge < -0.3 is 9.84 Å². The summed E-state index contributed by atoms with van der Waals surface area (Å²) in [7, 11) is 1.63. The van der Waals surface area contributed by atoms with Gasteiger partial charge in [-0.25, -0.2) is 0 Å². The van der Waals surface area contributed by atoms with Crippen LogP contribution in [0.4, 0.5) is 0 Å². The zero-order valence-corrected chi connectivity index (χ0v) is 12.5. The fourth-order valence-electron chi connectivity index (χ4n) is 1.79. The molecule has 0 saturated carbocycles. The Morgan fingerprint density at radius 3 is 2.83 bits per heavy atom. The average Bonchev–Trinajstić information content (AvgIpc) is 2.89. The van der Waals surface area contributed by atoms with Crippen LogP contribution in [0.15, 0.2) is 40.2 Å². The van der Waals surface area contributed by atoms with Crippen molar-refractivity contribution in [2.45, 2.75) is 18.9 Å². The lowest BCUT2D eigenvalue weighted by molar-refractivity contribution is 0.168. The summed E-state index contributed by atoms with van der Waals surface area (Å²) in [5.41, 5.74) is 0.916. The molecule has 2 rings (SSSR count). The van der Waals surface area contributed by atoms with Gasteiger partial charge in [0.1, 0.15) is 5.75 Å². The highest BCUT2D eigenvalue weighted by Crippen LogP contribution is 2.29. The van der Waals surface area contributed by atoms with Crippen LogP contribution in [0.3, 0.4) is 0 Å². The molecule has 1 unspecified atom stereocenters. The van der Waals surface area contributed by atoms with Gasteiger partial charge in [0.25, 0.3) is 0 Å². The first kappa shape index (κ1) is 13.6. The molecule has 1 atom stereocenters. The van der Waals surface area contributed by atoms with Gasteiger partial charge in [-0.2, -0.15) is 0 Å². The Labute approximate surface area is 119 Å². The number of methoxy groups -OCH3 is 1. The van der Waals surface area contributed by atoms with Crippen molar-refractivity contribution in [3.05, 3.63) is 50.6 Å². The number of aryl methyl sites for hydroxylation is 1. The largest absolute Gasteiger partial charge is 0.496 e. The predicted molar refractivity (Wildman–Crippen MR) is 78.3 cm³/mol. The van der Waals surface area contributed by atoms with Gasteiger partial charge in [0.05, 0.1) is 17.7 Å². The highest BCUT2D eigenvalue weighted by atomic mass is 79.9. The van der Waals surface area contributed by atoms with Crippen LogP contribution in [0.1, 0.15) is 23.0 Å². The summed E-state index contributed by atoms with van der Waals surface area (Å²) in [5, 5.41) is 12.2. The number of thiophene rings is 1. The van der Waals surface area contributed by atoms with E-state index in [0.717, 1.165) is 28.6 Å². The van der Waals surface area contributed by atoms with Crippen molar-refractivity contribution in [3.8, 4) is 5.75 Å². The van der Waals surface area contributed by atoms with Crippen LogP contribution >= 0.6 is 27.3 Å². The highest BCUT2D eigenvalue weighted by Gasteiger charge is 2.10. The number of halogens is 1. The SMILES string of the molecule is COc1ccc(C(O)CCc2cccs2)cc1Br. The minimum atomic E-state index is -0.436. The van der Waals surface area contributed by atoms with E-state index >= 15 is 0 Å². The van der Waals surface area contributed by atoms with Crippen molar-refractivity contribution in [1.82, 2.24) is 0 Å². The first-order valence-corrected chi connectivity index (χ1v) is 7.42. The number of hydrogen-bond acceptors (Lipinski definition) is 3. The zero-order chi connectivity index (χ0) is 13.0. The van der Waals surface area contributed by atoms with Crippen molar-refractivity contribution in [3.63, 3.8) is 0 Å². The molecule has 2 aromatic rings. The molecule has 0 aliphatic rings. The quantitative estimate of drug-likeness (QED) is 0.892. The van der Waals surface area contributed by atoms with Crippen molar-refractivity contribution in [2.75, 3.05) is 7.11 Å². The second kappa shape index (κ2) is 6.36. The number of rotatable bonds is 5. The summed E-state index contributed by atoms with van der Waals surface area (Å²) in [6.45, 7) is 0. The van der Waals surface area contributed by atoms with Gasteiger partial charge in [-0.3, -0.25) is 0 Å². The number of benzene rings is 1. The number of ether oxygens (including phenoxy) is 1. The molecule has 4 heteroatoms. The van der Waals surface area contributed by atoms with E-state index < -0.39 is 6.10 Å².